The standard InChI is InChI=1S/C15H22N4/c1-15(5-7-19(2)8-6-15)11-18-14-4-3-13(17)9-12(14)10-16/h3-4,9,18H,5-8,11,17H2,1-2H3. The van der Waals surface area contributed by atoms with Crippen LogP contribution in [-0.2, 0) is 0 Å². The molecule has 0 atom stereocenters. The first-order valence-corrected chi connectivity index (χ1v) is 6.74. The van der Waals surface area contributed by atoms with E-state index in [1.807, 2.05) is 12.1 Å². The molecule has 0 saturated carbocycles. The Hall–Kier alpha value is -1.73. The van der Waals surface area contributed by atoms with Gasteiger partial charge in [-0.05, 0) is 56.6 Å². The maximum Gasteiger partial charge on any atom is 0.101 e. The van der Waals surface area contributed by atoms with Crippen LogP contribution in [0.25, 0.3) is 0 Å². The summed E-state index contributed by atoms with van der Waals surface area (Å²) in [5.74, 6) is 0. The van der Waals surface area contributed by atoms with Gasteiger partial charge in [0.05, 0.1) is 11.3 Å². The summed E-state index contributed by atoms with van der Waals surface area (Å²) in [5, 5.41) is 12.5. The number of nitrogens with two attached hydrogens (primary N) is 1. The molecule has 0 aliphatic carbocycles. The number of nitrogen functional groups attached to an aromatic ring is 1. The zero-order valence-electron chi connectivity index (χ0n) is 11.7. The molecule has 0 unspecified atom stereocenters. The molecule has 1 aliphatic rings. The monoisotopic (exact) mass is 258 g/mol. The maximum atomic E-state index is 9.13. The summed E-state index contributed by atoms with van der Waals surface area (Å²) in [6.07, 6.45) is 2.38. The van der Waals surface area contributed by atoms with Crippen LogP contribution in [0.2, 0.25) is 0 Å². The number of benzene rings is 1. The summed E-state index contributed by atoms with van der Waals surface area (Å²) in [6, 6.07) is 7.64. The molecule has 1 aromatic carbocycles. The summed E-state index contributed by atoms with van der Waals surface area (Å²) < 4.78 is 0. The van der Waals surface area contributed by atoms with E-state index in [9.17, 15) is 0 Å². The minimum absolute atomic E-state index is 0.306. The van der Waals surface area contributed by atoms with Gasteiger partial charge in [-0.3, -0.25) is 0 Å². The van der Waals surface area contributed by atoms with E-state index in [-0.39, 0.29) is 0 Å². The van der Waals surface area contributed by atoms with Crippen LogP contribution in [0.1, 0.15) is 25.3 Å². The lowest BCUT2D eigenvalue weighted by atomic mass is 9.80. The van der Waals surface area contributed by atoms with E-state index in [1.165, 1.54) is 12.8 Å². The third-order valence-electron chi connectivity index (χ3n) is 4.06. The summed E-state index contributed by atoms with van der Waals surface area (Å²) in [5.41, 5.74) is 8.14. The Morgan fingerprint density at radius 2 is 2.11 bits per heavy atom. The second-order valence-electron chi connectivity index (χ2n) is 5.88. The van der Waals surface area contributed by atoms with Crippen LogP contribution in [0.5, 0.6) is 0 Å². The highest BCUT2D eigenvalue weighted by atomic mass is 15.1. The Morgan fingerprint density at radius 1 is 1.42 bits per heavy atom. The lowest BCUT2D eigenvalue weighted by molar-refractivity contribution is 0.150. The first kappa shape index (κ1) is 13.7. The van der Waals surface area contributed by atoms with Gasteiger partial charge < -0.3 is 16.0 Å². The summed E-state index contributed by atoms with van der Waals surface area (Å²) >= 11 is 0. The number of hydrogen-bond donors (Lipinski definition) is 2. The summed E-state index contributed by atoms with van der Waals surface area (Å²) in [4.78, 5) is 2.37. The van der Waals surface area contributed by atoms with Crippen molar-refractivity contribution in [2.45, 2.75) is 19.8 Å². The molecule has 1 heterocycles. The molecule has 1 aromatic rings. The van der Waals surface area contributed by atoms with Gasteiger partial charge in [0, 0.05) is 12.2 Å². The molecular formula is C15H22N4. The van der Waals surface area contributed by atoms with Crippen LogP contribution in [0.4, 0.5) is 11.4 Å². The van der Waals surface area contributed by atoms with Crippen molar-refractivity contribution in [2.75, 3.05) is 37.7 Å². The number of anilines is 2. The fourth-order valence-corrected chi connectivity index (χ4v) is 2.45. The van der Waals surface area contributed by atoms with E-state index < -0.39 is 0 Å². The average molecular weight is 258 g/mol. The number of nitrogens with one attached hydrogen (secondary N) is 1. The molecule has 2 rings (SSSR count). The predicted molar refractivity (Wildman–Crippen MR) is 78.9 cm³/mol. The van der Waals surface area contributed by atoms with Gasteiger partial charge in [-0.25, -0.2) is 0 Å². The van der Waals surface area contributed by atoms with Crippen molar-refractivity contribution in [3.63, 3.8) is 0 Å². The van der Waals surface area contributed by atoms with Crippen molar-refractivity contribution in [3.05, 3.63) is 23.8 Å². The van der Waals surface area contributed by atoms with Gasteiger partial charge in [0.1, 0.15) is 6.07 Å². The molecular weight excluding hydrogens is 236 g/mol. The molecule has 4 nitrogen and oxygen atoms in total. The largest absolute Gasteiger partial charge is 0.399 e. The zero-order chi connectivity index (χ0) is 13.9. The van der Waals surface area contributed by atoms with Crippen LogP contribution >= 0.6 is 0 Å². The van der Waals surface area contributed by atoms with Crippen LogP contribution in [0, 0.1) is 16.7 Å². The highest BCUT2D eigenvalue weighted by molar-refractivity contribution is 5.63. The van der Waals surface area contributed by atoms with E-state index in [0.717, 1.165) is 25.3 Å². The first-order chi connectivity index (χ1) is 9.02. The van der Waals surface area contributed by atoms with E-state index in [1.54, 1.807) is 6.07 Å². The number of hydrogen-bond acceptors (Lipinski definition) is 4. The van der Waals surface area contributed by atoms with Crippen molar-refractivity contribution in [1.82, 2.24) is 4.90 Å². The lowest BCUT2D eigenvalue weighted by Gasteiger charge is -2.38. The van der Waals surface area contributed by atoms with Crippen LogP contribution in [-0.4, -0.2) is 31.6 Å². The normalized spacial score (nSPS) is 18.8. The fourth-order valence-electron chi connectivity index (χ4n) is 2.45. The van der Waals surface area contributed by atoms with Crippen molar-refractivity contribution in [3.8, 4) is 6.07 Å². The molecule has 1 fully saturated rings. The first-order valence-electron chi connectivity index (χ1n) is 6.74. The lowest BCUT2D eigenvalue weighted by Crippen LogP contribution is -2.40. The molecule has 1 aliphatic heterocycles. The Labute approximate surface area is 115 Å². The Morgan fingerprint density at radius 3 is 2.74 bits per heavy atom. The van der Waals surface area contributed by atoms with Crippen molar-refractivity contribution in [1.29, 1.82) is 5.26 Å². The van der Waals surface area contributed by atoms with E-state index in [2.05, 4.69) is 30.3 Å². The van der Waals surface area contributed by atoms with Gasteiger partial charge in [0.25, 0.3) is 0 Å². The number of nitrogens with zero attached hydrogens (tertiary/aromatic N) is 2. The van der Waals surface area contributed by atoms with E-state index >= 15 is 0 Å². The molecule has 4 heteroatoms. The average Bonchev–Trinajstić information content (AvgIpc) is 2.41. The second-order valence-corrected chi connectivity index (χ2v) is 5.88. The van der Waals surface area contributed by atoms with Crippen LogP contribution < -0.4 is 11.1 Å². The Balaban J connectivity index is 2.01. The third kappa shape index (κ3) is 3.39. The van der Waals surface area contributed by atoms with E-state index in [4.69, 9.17) is 11.0 Å². The van der Waals surface area contributed by atoms with Gasteiger partial charge in [-0.2, -0.15) is 5.26 Å². The minimum atomic E-state index is 0.306. The van der Waals surface area contributed by atoms with Gasteiger partial charge in [0.2, 0.25) is 0 Å². The molecule has 0 amide bonds. The van der Waals surface area contributed by atoms with Crippen LogP contribution in [0.3, 0.4) is 0 Å². The minimum Gasteiger partial charge on any atom is -0.399 e. The van der Waals surface area contributed by atoms with Gasteiger partial charge >= 0.3 is 0 Å². The topological polar surface area (TPSA) is 65.1 Å². The molecule has 0 bridgehead atoms. The number of rotatable bonds is 3. The van der Waals surface area contributed by atoms with Gasteiger partial charge in [-0.1, -0.05) is 6.92 Å². The molecule has 0 radical (unpaired) electrons. The number of piperidine rings is 1. The SMILES string of the molecule is CN1CCC(C)(CNc2ccc(N)cc2C#N)CC1. The maximum absolute atomic E-state index is 9.13. The fraction of sp³-hybridized carbons (Fsp3) is 0.533. The van der Waals surface area contributed by atoms with Gasteiger partial charge in [-0.15, -0.1) is 0 Å². The Kier molecular flexibility index (Phi) is 3.96. The molecule has 3 N–H and O–H groups in total. The number of likely N-dealkylation sites (tertiary alicyclic amines) is 1. The van der Waals surface area contributed by atoms with Crippen LogP contribution in [0.15, 0.2) is 18.2 Å². The Bertz CT molecular complexity index is 481. The van der Waals surface area contributed by atoms with Crippen molar-refractivity contribution >= 4 is 11.4 Å². The summed E-state index contributed by atoms with van der Waals surface area (Å²) in [6.45, 7) is 5.51. The third-order valence-corrected chi connectivity index (χ3v) is 4.06. The second kappa shape index (κ2) is 5.50. The molecule has 102 valence electrons. The van der Waals surface area contributed by atoms with Crippen molar-refractivity contribution in [2.24, 2.45) is 5.41 Å². The quantitative estimate of drug-likeness (QED) is 0.816. The highest BCUT2D eigenvalue weighted by Gasteiger charge is 2.28. The predicted octanol–water partition coefficient (Wildman–Crippen LogP) is 2.28. The number of nitriles is 1. The highest BCUT2D eigenvalue weighted by Crippen LogP contribution is 2.31. The summed E-state index contributed by atoms with van der Waals surface area (Å²) in [7, 11) is 2.17. The smallest absolute Gasteiger partial charge is 0.101 e. The van der Waals surface area contributed by atoms with Gasteiger partial charge in [0.15, 0.2) is 0 Å². The molecule has 19 heavy (non-hydrogen) atoms. The molecule has 0 spiro atoms. The van der Waals surface area contributed by atoms with E-state index in [0.29, 0.717) is 16.7 Å². The molecule has 1 saturated heterocycles. The zero-order valence-corrected chi connectivity index (χ0v) is 11.7. The molecule has 0 aromatic heterocycles. The van der Waals surface area contributed by atoms with Crippen molar-refractivity contribution < 1.29 is 0 Å².